The monoisotopic (exact) mass is 369 g/mol. The van der Waals surface area contributed by atoms with Gasteiger partial charge in [-0.1, -0.05) is 25.1 Å². The molecule has 140 valence electrons. The molecule has 1 heterocycles. The first kappa shape index (κ1) is 21.4. The maximum Gasteiger partial charge on any atom is 0.317 e. The van der Waals surface area contributed by atoms with Gasteiger partial charge in [-0.2, -0.15) is 0 Å². The van der Waals surface area contributed by atoms with Crippen molar-refractivity contribution in [2.45, 2.75) is 32.2 Å². The van der Waals surface area contributed by atoms with Crippen molar-refractivity contribution in [3.05, 3.63) is 30.3 Å². The van der Waals surface area contributed by atoms with Crippen LogP contribution < -0.4 is 5.32 Å². The third-order valence-corrected chi connectivity index (χ3v) is 4.53. The molecule has 0 unspecified atom stereocenters. The zero-order valence-corrected chi connectivity index (χ0v) is 15.5. The second-order valence-corrected chi connectivity index (χ2v) is 6.19. The Hall–Kier alpha value is -1.63. The highest BCUT2D eigenvalue weighted by Gasteiger charge is 2.25. The van der Waals surface area contributed by atoms with E-state index in [2.05, 4.69) is 10.2 Å². The first-order valence-electron chi connectivity index (χ1n) is 8.61. The van der Waals surface area contributed by atoms with E-state index in [0.717, 1.165) is 44.7 Å². The molecular formula is C18H28ClN3O3. The molecule has 0 saturated carbocycles. The van der Waals surface area contributed by atoms with E-state index in [1.807, 2.05) is 42.2 Å². The van der Waals surface area contributed by atoms with Crippen LogP contribution >= 0.6 is 12.4 Å². The number of aliphatic carboxylic acids is 1. The predicted octanol–water partition coefficient (Wildman–Crippen LogP) is 2.31. The zero-order chi connectivity index (χ0) is 17.4. The fourth-order valence-corrected chi connectivity index (χ4v) is 3.19. The van der Waals surface area contributed by atoms with Gasteiger partial charge in [0.05, 0.1) is 6.54 Å². The SMILES string of the molecule is CCN(CC(=O)O)C1CCN(CCC(=O)Nc2ccccc2)CC1.Cl. The van der Waals surface area contributed by atoms with E-state index < -0.39 is 5.97 Å². The first-order chi connectivity index (χ1) is 11.6. The highest BCUT2D eigenvalue weighted by atomic mass is 35.5. The van der Waals surface area contributed by atoms with Crippen molar-refractivity contribution in [1.29, 1.82) is 0 Å². The van der Waals surface area contributed by atoms with Crippen LogP contribution in [0.4, 0.5) is 5.69 Å². The van der Waals surface area contributed by atoms with Crippen molar-refractivity contribution >= 4 is 30.0 Å². The molecule has 0 bridgehead atoms. The van der Waals surface area contributed by atoms with Gasteiger partial charge < -0.3 is 15.3 Å². The average Bonchev–Trinajstić information content (AvgIpc) is 2.59. The van der Waals surface area contributed by atoms with E-state index >= 15 is 0 Å². The number of benzene rings is 1. The van der Waals surface area contributed by atoms with Crippen LogP contribution in [0.25, 0.3) is 0 Å². The summed E-state index contributed by atoms with van der Waals surface area (Å²) < 4.78 is 0. The van der Waals surface area contributed by atoms with Crippen LogP contribution in [0.2, 0.25) is 0 Å². The van der Waals surface area contributed by atoms with E-state index in [1.54, 1.807) is 0 Å². The minimum absolute atomic E-state index is 0. The number of halogens is 1. The van der Waals surface area contributed by atoms with Gasteiger partial charge in [0.25, 0.3) is 0 Å². The molecule has 1 amide bonds. The van der Waals surface area contributed by atoms with E-state index in [9.17, 15) is 9.59 Å². The fourth-order valence-electron chi connectivity index (χ4n) is 3.19. The maximum absolute atomic E-state index is 12.0. The van der Waals surface area contributed by atoms with Crippen molar-refractivity contribution in [3.8, 4) is 0 Å². The van der Waals surface area contributed by atoms with Crippen LogP contribution in [-0.4, -0.2) is 65.5 Å². The van der Waals surface area contributed by atoms with Crippen LogP contribution in [0.5, 0.6) is 0 Å². The van der Waals surface area contributed by atoms with Gasteiger partial charge in [-0.3, -0.25) is 14.5 Å². The number of anilines is 1. The Morgan fingerprint density at radius 3 is 2.44 bits per heavy atom. The second-order valence-electron chi connectivity index (χ2n) is 6.19. The molecule has 2 rings (SSSR count). The molecule has 2 N–H and O–H groups in total. The molecule has 1 saturated heterocycles. The summed E-state index contributed by atoms with van der Waals surface area (Å²) >= 11 is 0. The van der Waals surface area contributed by atoms with Crippen molar-refractivity contribution in [1.82, 2.24) is 9.80 Å². The average molecular weight is 370 g/mol. The number of rotatable bonds is 8. The number of hydrogen-bond acceptors (Lipinski definition) is 4. The van der Waals surface area contributed by atoms with E-state index in [0.29, 0.717) is 12.5 Å². The number of nitrogens with one attached hydrogen (secondary N) is 1. The number of amides is 1. The topological polar surface area (TPSA) is 72.9 Å². The predicted molar refractivity (Wildman–Crippen MR) is 101 cm³/mol. The van der Waals surface area contributed by atoms with E-state index in [4.69, 9.17) is 5.11 Å². The molecule has 6 nitrogen and oxygen atoms in total. The smallest absolute Gasteiger partial charge is 0.317 e. The van der Waals surface area contributed by atoms with Crippen molar-refractivity contribution in [3.63, 3.8) is 0 Å². The van der Waals surface area contributed by atoms with Crippen LogP contribution in [0.1, 0.15) is 26.2 Å². The number of carbonyl (C=O) groups is 2. The summed E-state index contributed by atoms with van der Waals surface area (Å²) in [6.45, 7) is 5.45. The third kappa shape index (κ3) is 7.42. The van der Waals surface area contributed by atoms with E-state index in [1.165, 1.54) is 0 Å². The largest absolute Gasteiger partial charge is 0.480 e. The molecule has 1 fully saturated rings. The molecule has 25 heavy (non-hydrogen) atoms. The molecule has 1 aromatic rings. The maximum atomic E-state index is 12.0. The molecule has 0 radical (unpaired) electrons. The molecule has 0 atom stereocenters. The quantitative estimate of drug-likeness (QED) is 0.735. The van der Waals surface area contributed by atoms with Gasteiger partial charge in [0, 0.05) is 24.7 Å². The Morgan fingerprint density at radius 1 is 1.24 bits per heavy atom. The summed E-state index contributed by atoms with van der Waals surface area (Å²) in [6.07, 6.45) is 2.40. The van der Waals surface area contributed by atoms with Crippen LogP contribution in [-0.2, 0) is 9.59 Å². The van der Waals surface area contributed by atoms with E-state index in [-0.39, 0.29) is 24.9 Å². The molecule has 0 aromatic heterocycles. The summed E-state index contributed by atoms with van der Waals surface area (Å²) in [7, 11) is 0. The Labute approximate surface area is 155 Å². The van der Waals surface area contributed by atoms with Gasteiger partial charge in [0.2, 0.25) is 5.91 Å². The molecule has 1 aromatic carbocycles. The normalized spacial score (nSPS) is 15.6. The Morgan fingerprint density at radius 2 is 1.88 bits per heavy atom. The number of piperidine rings is 1. The van der Waals surface area contributed by atoms with Gasteiger partial charge in [0.15, 0.2) is 0 Å². The molecule has 0 aliphatic carbocycles. The number of carbonyl (C=O) groups excluding carboxylic acids is 1. The number of likely N-dealkylation sites (N-methyl/N-ethyl adjacent to an activating group) is 1. The summed E-state index contributed by atoms with van der Waals surface area (Å²) in [6, 6.07) is 9.81. The standard InChI is InChI=1S/C18H27N3O3.ClH/c1-2-21(14-18(23)24)16-8-11-20(12-9-16)13-10-17(22)19-15-6-4-3-5-7-15;/h3-7,16H,2,8-14H2,1H3,(H,19,22)(H,23,24);1H. The Kier molecular flexibility index (Phi) is 9.49. The molecular weight excluding hydrogens is 342 g/mol. The minimum Gasteiger partial charge on any atom is -0.480 e. The number of carboxylic acid groups (broad SMARTS) is 1. The van der Waals surface area contributed by atoms with Crippen LogP contribution in [0.3, 0.4) is 0 Å². The first-order valence-corrected chi connectivity index (χ1v) is 8.61. The Balaban J connectivity index is 0.00000312. The lowest BCUT2D eigenvalue weighted by atomic mass is 10.0. The lowest BCUT2D eigenvalue weighted by molar-refractivity contribution is -0.139. The summed E-state index contributed by atoms with van der Waals surface area (Å²) in [5.41, 5.74) is 0.827. The van der Waals surface area contributed by atoms with Gasteiger partial charge in [-0.05, 0) is 44.6 Å². The summed E-state index contributed by atoms with van der Waals surface area (Å²) in [5.74, 6) is -0.735. The Bertz CT molecular complexity index is 534. The minimum atomic E-state index is -0.767. The van der Waals surface area contributed by atoms with Crippen LogP contribution in [0.15, 0.2) is 30.3 Å². The zero-order valence-electron chi connectivity index (χ0n) is 14.7. The van der Waals surface area contributed by atoms with Gasteiger partial charge in [-0.25, -0.2) is 0 Å². The molecule has 1 aliphatic rings. The van der Waals surface area contributed by atoms with Gasteiger partial charge >= 0.3 is 5.97 Å². The molecule has 1 aliphatic heterocycles. The number of nitrogens with zero attached hydrogens (tertiary/aromatic N) is 2. The summed E-state index contributed by atoms with van der Waals surface area (Å²) in [4.78, 5) is 27.2. The third-order valence-electron chi connectivity index (χ3n) is 4.53. The lowest BCUT2D eigenvalue weighted by Crippen LogP contribution is -2.47. The number of carboxylic acids is 1. The van der Waals surface area contributed by atoms with Crippen molar-refractivity contribution in [2.75, 3.05) is 38.0 Å². The lowest BCUT2D eigenvalue weighted by Gasteiger charge is -2.37. The van der Waals surface area contributed by atoms with Crippen molar-refractivity contribution < 1.29 is 14.7 Å². The number of likely N-dealkylation sites (tertiary alicyclic amines) is 1. The van der Waals surface area contributed by atoms with Crippen LogP contribution in [0, 0.1) is 0 Å². The highest BCUT2D eigenvalue weighted by molar-refractivity contribution is 5.90. The van der Waals surface area contributed by atoms with Crippen molar-refractivity contribution in [2.24, 2.45) is 0 Å². The van der Waals surface area contributed by atoms with Gasteiger partial charge in [-0.15, -0.1) is 12.4 Å². The summed E-state index contributed by atoms with van der Waals surface area (Å²) in [5, 5.41) is 11.9. The number of para-hydroxylation sites is 1. The second kappa shape index (κ2) is 11.1. The van der Waals surface area contributed by atoms with Gasteiger partial charge in [0.1, 0.15) is 0 Å². The molecule has 7 heteroatoms. The fraction of sp³-hybridized carbons (Fsp3) is 0.556. The molecule has 0 spiro atoms. The highest BCUT2D eigenvalue weighted by Crippen LogP contribution is 2.16. The number of hydrogen-bond donors (Lipinski definition) is 2.